The van der Waals surface area contributed by atoms with Crippen LogP contribution >= 0.6 is 11.8 Å². The highest BCUT2D eigenvalue weighted by molar-refractivity contribution is 7.98. The Hall–Kier alpha value is -1.49. The van der Waals surface area contributed by atoms with Gasteiger partial charge in [-0.1, -0.05) is 12.1 Å². The van der Waals surface area contributed by atoms with Gasteiger partial charge in [0.2, 0.25) is 0 Å². The van der Waals surface area contributed by atoms with Gasteiger partial charge in [0.05, 0.1) is 5.56 Å². The van der Waals surface area contributed by atoms with Crippen LogP contribution in [0.5, 0.6) is 0 Å². The summed E-state index contributed by atoms with van der Waals surface area (Å²) in [4.78, 5) is 25.7. The van der Waals surface area contributed by atoms with Gasteiger partial charge in [-0.2, -0.15) is 0 Å². The summed E-state index contributed by atoms with van der Waals surface area (Å²) in [5.41, 5.74) is 0.00670. The molecule has 0 radical (unpaired) electrons. The molecule has 1 amide bonds. The third-order valence-electron chi connectivity index (χ3n) is 2.69. The lowest BCUT2D eigenvalue weighted by Gasteiger charge is -2.34. The van der Waals surface area contributed by atoms with Crippen LogP contribution in [0.25, 0.3) is 0 Å². The summed E-state index contributed by atoms with van der Waals surface area (Å²) < 4.78 is 0. The quantitative estimate of drug-likeness (QED) is 0.862. The van der Waals surface area contributed by atoms with Crippen LogP contribution in [0.1, 0.15) is 31.1 Å². The van der Waals surface area contributed by atoms with E-state index >= 15 is 0 Å². The van der Waals surface area contributed by atoms with Crippen LogP contribution in [0.3, 0.4) is 0 Å². The van der Waals surface area contributed by atoms with Crippen molar-refractivity contribution in [1.29, 1.82) is 0 Å². The zero-order chi connectivity index (χ0) is 14.6. The summed E-state index contributed by atoms with van der Waals surface area (Å²) in [6, 6.07) is 7.24. The van der Waals surface area contributed by atoms with Gasteiger partial charge in [0.25, 0.3) is 5.91 Å². The van der Waals surface area contributed by atoms with E-state index in [1.807, 2.05) is 39.2 Å². The highest BCUT2D eigenvalue weighted by atomic mass is 32.2. The molecule has 5 heteroatoms. The normalized spacial score (nSPS) is 11.2. The summed E-state index contributed by atoms with van der Waals surface area (Å²) in [6.45, 7) is 5.19. The predicted octanol–water partition coefficient (Wildman–Crippen LogP) is 2.73. The molecule has 0 bridgehead atoms. The van der Waals surface area contributed by atoms with Crippen LogP contribution in [0.15, 0.2) is 29.2 Å². The molecule has 0 aliphatic rings. The highest BCUT2D eigenvalue weighted by Gasteiger charge is 2.30. The zero-order valence-electron chi connectivity index (χ0n) is 11.6. The number of carbonyl (C=O) groups is 2. The van der Waals surface area contributed by atoms with Crippen molar-refractivity contribution < 1.29 is 14.7 Å². The molecule has 0 saturated carbocycles. The minimum absolute atomic E-state index is 0.250. The van der Waals surface area contributed by atoms with E-state index in [0.717, 1.165) is 4.90 Å². The second-order valence-electron chi connectivity index (χ2n) is 5.16. The Morgan fingerprint density at radius 2 is 1.84 bits per heavy atom. The number of hydrogen-bond acceptors (Lipinski definition) is 3. The standard InChI is InChI=1S/C14H19NO3S/c1-14(2,3)15(9-12(16)17)13(18)10-7-5-6-8-11(10)19-4/h5-8H,9H2,1-4H3,(H,16,17). The van der Waals surface area contributed by atoms with Crippen molar-refractivity contribution in [2.24, 2.45) is 0 Å². The van der Waals surface area contributed by atoms with Crippen LogP contribution in [0.2, 0.25) is 0 Å². The molecule has 104 valence electrons. The molecule has 0 fully saturated rings. The fourth-order valence-corrected chi connectivity index (χ4v) is 2.31. The molecule has 0 aromatic heterocycles. The van der Waals surface area contributed by atoms with Crippen molar-refractivity contribution in [3.05, 3.63) is 29.8 Å². The van der Waals surface area contributed by atoms with E-state index in [0.29, 0.717) is 5.56 Å². The van der Waals surface area contributed by atoms with Crippen molar-refractivity contribution in [1.82, 2.24) is 4.90 Å². The number of nitrogens with zero attached hydrogens (tertiary/aromatic N) is 1. The third kappa shape index (κ3) is 3.99. The van der Waals surface area contributed by atoms with Crippen molar-refractivity contribution in [3.8, 4) is 0 Å². The molecule has 0 unspecified atom stereocenters. The number of carboxylic acid groups (broad SMARTS) is 1. The number of hydrogen-bond donors (Lipinski definition) is 1. The fraction of sp³-hybridized carbons (Fsp3) is 0.429. The maximum Gasteiger partial charge on any atom is 0.323 e. The Morgan fingerprint density at radius 1 is 1.26 bits per heavy atom. The Labute approximate surface area is 117 Å². The average Bonchev–Trinajstić information content (AvgIpc) is 2.33. The van der Waals surface area contributed by atoms with Crippen molar-refractivity contribution >= 4 is 23.6 Å². The lowest BCUT2D eigenvalue weighted by molar-refractivity contribution is -0.138. The molecule has 1 N–H and O–H groups in total. The molecule has 0 saturated heterocycles. The summed E-state index contributed by atoms with van der Waals surface area (Å²) in [5.74, 6) is -1.26. The van der Waals surface area contributed by atoms with Gasteiger partial charge in [0.15, 0.2) is 0 Å². The first-order valence-electron chi connectivity index (χ1n) is 5.94. The Morgan fingerprint density at radius 3 is 2.32 bits per heavy atom. The predicted molar refractivity (Wildman–Crippen MR) is 76.6 cm³/mol. The minimum Gasteiger partial charge on any atom is -0.480 e. The fourth-order valence-electron chi connectivity index (χ4n) is 1.72. The summed E-state index contributed by atoms with van der Waals surface area (Å²) in [7, 11) is 0. The van der Waals surface area contributed by atoms with E-state index in [9.17, 15) is 9.59 Å². The van der Waals surface area contributed by atoms with Gasteiger partial charge in [-0.05, 0) is 39.2 Å². The first kappa shape index (κ1) is 15.6. The maximum atomic E-state index is 12.6. The summed E-state index contributed by atoms with van der Waals surface area (Å²) in [5, 5.41) is 8.97. The van der Waals surface area contributed by atoms with Gasteiger partial charge in [-0.3, -0.25) is 9.59 Å². The van der Waals surface area contributed by atoms with Gasteiger partial charge in [0, 0.05) is 10.4 Å². The molecule has 1 aromatic rings. The second kappa shape index (κ2) is 6.10. The smallest absolute Gasteiger partial charge is 0.323 e. The molecule has 0 atom stereocenters. The van der Waals surface area contributed by atoms with E-state index in [-0.39, 0.29) is 12.5 Å². The number of rotatable bonds is 4. The number of amides is 1. The van der Waals surface area contributed by atoms with Crippen molar-refractivity contribution in [2.75, 3.05) is 12.8 Å². The Kier molecular flexibility index (Phi) is 5.00. The van der Waals surface area contributed by atoms with Gasteiger partial charge < -0.3 is 10.0 Å². The second-order valence-corrected chi connectivity index (χ2v) is 6.00. The number of carboxylic acids is 1. The zero-order valence-corrected chi connectivity index (χ0v) is 12.5. The number of benzene rings is 1. The molecular weight excluding hydrogens is 262 g/mol. The summed E-state index contributed by atoms with van der Waals surface area (Å²) >= 11 is 1.48. The van der Waals surface area contributed by atoms with Crippen LogP contribution in [-0.4, -0.2) is 40.2 Å². The SMILES string of the molecule is CSc1ccccc1C(=O)N(CC(=O)O)C(C)(C)C. The van der Waals surface area contributed by atoms with E-state index < -0.39 is 11.5 Å². The van der Waals surface area contributed by atoms with Crippen molar-refractivity contribution in [2.45, 2.75) is 31.2 Å². The molecule has 1 aromatic carbocycles. The molecule has 0 aliphatic heterocycles. The number of carbonyl (C=O) groups excluding carboxylic acids is 1. The van der Waals surface area contributed by atoms with Gasteiger partial charge in [-0.15, -0.1) is 11.8 Å². The number of thioether (sulfide) groups is 1. The van der Waals surface area contributed by atoms with Crippen LogP contribution in [-0.2, 0) is 4.79 Å². The van der Waals surface area contributed by atoms with E-state index in [2.05, 4.69) is 0 Å². The first-order valence-corrected chi connectivity index (χ1v) is 7.16. The van der Waals surface area contributed by atoms with Gasteiger partial charge in [-0.25, -0.2) is 0 Å². The largest absolute Gasteiger partial charge is 0.480 e. The third-order valence-corrected chi connectivity index (χ3v) is 3.48. The lowest BCUT2D eigenvalue weighted by atomic mass is 10.0. The molecule has 0 spiro atoms. The van der Waals surface area contributed by atoms with Gasteiger partial charge in [0.1, 0.15) is 6.54 Å². The Balaban J connectivity index is 3.16. The topological polar surface area (TPSA) is 57.6 Å². The highest BCUT2D eigenvalue weighted by Crippen LogP contribution is 2.24. The number of aliphatic carboxylic acids is 1. The Bertz CT molecular complexity index is 480. The molecule has 4 nitrogen and oxygen atoms in total. The van der Waals surface area contributed by atoms with Crippen LogP contribution in [0, 0.1) is 0 Å². The first-order chi connectivity index (χ1) is 8.77. The molecule has 0 aliphatic carbocycles. The summed E-state index contributed by atoms with van der Waals surface area (Å²) in [6.07, 6.45) is 1.89. The van der Waals surface area contributed by atoms with Crippen molar-refractivity contribution in [3.63, 3.8) is 0 Å². The van der Waals surface area contributed by atoms with E-state index in [1.165, 1.54) is 16.7 Å². The van der Waals surface area contributed by atoms with Crippen LogP contribution in [0.4, 0.5) is 0 Å². The monoisotopic (exact) mass is 281 g/mol. The molecular formula is C14H19NO3S. The van der Waals surface area contributed by atoms with Crippen LogP contribution < -0.4 is 0 Å². The van der Waals surface area contributed by atoms with E-state index in [4.69, 9.17) is 5.11 Å². The maximum absolute atomic E-state index is 12.6. The average molecular weight is 281 g/mol. The minimum atomic E-state index is -1.01. The van der Waals surface area contributed by atoms with Gasteiger partial charge >= 0.3 is 5.97 Å². The van der Waals surface area contributed by atoms with E-state index in [1.54, 1.807) is 12.1 Å². The molecule has 1 rings (SSSR count). The lowest BCUT2D eigenvalue weighted by Crippen LogP contribution is -2.48. The molecule has 19 heavy (non-hydrogen) atoms. The molecule has 0 heterocycles.